The fraction of sp³-hybridized carbons (Fsp3) is 0.429. The average molecular weight is 476 g/mol. The van der Waals surface area contributed by atoms with E-state index in [9.17, 15) is 10.2 Å². The average Bonchev–Trinajstić information content (AvgIpc) is 3.33. The highest BCUT2D eigenvalue weighted by Crippen LogP contribution is 2.39. The molecular weight excluding hydrogens is 453 g/mol. The molecule has 1 aliphatic carbocycles. The minimum absolute atomic E-state index is 0.128. The van der Waals surface area contributed by atoms with Gasteiger partial charge in [-0.25, -0.2) is 9.97 Å². The Bertz CT molecular complexity index is 1320. The maximum Gasteiger partial charge on any atom is 0.177 e. The molecule has 0 saturated heterocycles. The summed E-state index contributed by atoms with van der Waals surface area (Å²) in [5, 5.41) is 33.4. The van der Waals surface area contributed by atoms with E-state index in [0.717, 1.165) is 19.3 Å². The van der Waals surface area contributed by atoms with Gasteiger partial charge in [0.1, 0.15) is 22.1 Å². The van der Waals surface area contributed by atoms with E-state index in [4.69, 9.17) is 33.2 Å². The van der Waals surface area contributed by atoms with Crippen LogP contribution >= 0.6 is 23.2 Å². The maximum absolute atomic E-state index is 10.1. The van der Waals surface area contributed by atoms with Gasteiger partial charge in [-0.3, -0.25) is 9.78 Å². The number of aromatic nitrogens is 6. The maximum atomic E-state index is 10.1. The standard InChI is InChI=1S/C21H23Cl2N7O2/c1-29(10-4-3-5-11(32)8-10)21-14(9-31)24-18-17(26-27-20(18)25-21)12-6-7-13-15(16(12)22)19(23)30(2)28-13/h6-7,10-11,31-32H,3-5,8-9H2,1-2H3,(H,25,26,27)/t10-,11-/m1/s1. The predicted molar refractivity (Wildman–Crippen MR) is 124 cm³/mol. The predicted octanol–water partition coefficient (Wildman–Crippen LogP) is 3.45. The quantitative estimate of drug-likeness (QED) is 0.413. The number of H-pyrrole nitrogens is 1. The first-order valence-electron chi connectivity index (χ1n) is 10.5. The van der Waals surface area contributed by atoms with E-state index >= 15 is 0 Å². The molecule has 3 N–H and O–H groups in total. The second-order valence-corrected chi connectivity index (χ2v) is 8.98. The van der Waals surface area contributed by atoms with Crippen molar-refractivity contribution in [2.45, 2.75) is 44.4 Å². The largest absolute Gasteiger partial charge is 0.393 e. The Morgan fingerprint density at radius 2 is 2.06 bits per heavy atom. The molecule has 11 heteroatoms. The van der Waals surface area contributed by atoms with Crippen molar-refractivity contribution in [3.05, 3.63) is 28.0 Å². The lowest BCUT2D eigenvalue weighted by Gasteiger charge is -2.34. The van der Waals surface area contributed by atoms with Crippen molar-refractivity contribution < 1.29 is 10.2 Å². The molecule has 0 bridgehead atoms. The zero-order valence-electron chi connectivity index (χ0n) is 17.7. The van der Waals surface area contributed by atoms with Gasteiger partial charge in [-0.2, -0.15) is 10.2 Å². The molecule has 1 aromatic carbocycles. The molecule has 32 heavy (non-hydrogen) atoms. The fourth-order valence-electron chi connectivity index (χ4n) is 4.50. The van der Waals surface area contributed by atoms with Crippen LogP contribution in [0.25, 0.3) is 33.3 Å². The van der Waals surface area contributed by atoms with Crippen LogP contribution in [0.15, 0.2) is 12.1 Å². The summed E-state index contributed by atoms with van der Waals surface area (Å²) in [7, 11) is 3.68. The fourth-order valence-corrected chi connectivity index (χ4v) is 5.12. The lowest BCUT2D eigenvalue weighted by molar-refractivity contribution is 0.119. The molecule has 1 saturated carbocycles. The van der Waals surface area contributed by atoms with Crippen molar-refractivity contribution in [2.75, 3.05) is 11.9 Å². The van der Waals surface area contributed by atoms with Crippen molar-refractivity contribution in [3.63, 3.8) is 0 Å². The number of fused-ring (bicyclic) bond motifs is 2. The van der Waals surface area contributed by atoms with Crippen LogP contribution in [0.4, 0.5) is 5.82 Å². The van der Waals surface area contributed by atoms with Crippen LogP contribution in [0.5, 0.6) is 0 Å². The van der Waals surface area contributed by atoms with Gasteiger partial charge < -0.3 is 15.1 Å². The molecule has 3 aromatic heterocycles. The smallest absolute Gasteiger partial charge is 0.177 e. The first-order chi connectivity index (χ1) is 15.4. The zero-order valence-corrected chi connectivity index (χ0v) is 19.2. The summed E-state index contributed by atoms with van der Waals surface area (Å²) < 4.78 is 1.57. The molecule has 3 heterocycles. The van der Waals surface area contributed by atoms with E-state index in [2.05, 4.69) is 15.3 Å². The number of hydrogen-bond acceptors (Lipinski definition) is 7. The van der Waals surface area contributed by atoms with E-state index in [1.54, 1.807) is 11.7 Å². The van der Waals surface area contributed by atoms with Gasteiger partial charge in [-0.15, -0.1) is 0 Å². The third-order valence-corrected chi connectivity index (χ3v) is 7.04. The Balaban J connectivity index is 1.61. The number of anilines is 1. The number of nitrogens with one attached hydrogen (secondary N) is 1. The molecule has 2 atom stereocenters. The Kier molecular flexibility index (Phi) is 5.45. The summed E-state index contributed by atoms with van der Waals surface area (Å²) in [5.41, 5.74) is 3.30. The number of halogens is 2. The van der Waals surface area contributed by atoms with Crippen LogP contribution in [0.3, 0.4) is 0 Å². The van der Waals surface area contributed by atoms with Crippen molar-refractivity contribution in [3.8, 4) is 11.3 Å². The van der Waals surface area contributed by atoms with Gasteiger partial charge in [0.2, 0.25) is 0 Å². The summed E-state index contributed by atoms with van der Waals surface area (Å²) >= 11 is 13.1. The number of aromatic amines is 1. The van der Waals surface area contributed by atoms with Crippen LogP contribution in [-0.4, -0.2) is 59.4 Å². The van der Waals surface area contributed by atoms with Gasteiger partial charge in [-0.05, 0) is 37.8 Å². The second kappa shape index (κ2) is 8.15. The summed E-state index contributed by atoms with van der Waals surface area (Å²) in [6.45, 7) is -0.274. The lowest BCUT2D eigenvalue weighted by atomic mass is 9.92. The highest BCUT2D eigenvalue weighted by atomic mass is 35.5. The Morgan fingerprint density at radius 3 is 2.81 bits per heavy atom. The van der Waals surface area contributed by atoms with Crippen LogP contribution in [-0.2, 0) is 13.7 Å². The second-order valence-electron chi connectivity index (χ2n) is 8.24. The minimum atomic E-state index is -0.319. The van der Waals surface area contributed by atoms with Crippen LogP contribution in [0, 0.1) is 0 Å². The summed E-state index contributed by atoms with van der Waals surface area (Å²) in [4.78, 5) is 11.4. The molecule has 168 valence electrons. The van der Waals surface area contributed by atoms with Gasteiger partial charge in [0.05, 0.1) is 28.6 Å². The number of aryl methyl sites for hydroxylation is 1. The summed E-state index contributed by atoms with van der Waals surface area (Å²) in [5.74, 6) is 0.575. The molecule has 5 rings (SSSR count). The topological polar surface area (TPSA) is 116 Å². The van der Waals surface area contributed by atoms with Gasteiger partial charge in [0, 0.05) is 25.7 Å². The first kappa shape index (κ1) is 21.4. The third kappa shape index (κ3) is 3.40. The zero-order chi connectivity index (χ0) is 22.6. The van der Waals surface area contributed by atoms with Gasteiger partial charge in [0.25, 0.3) is 0 Å². The highest BCUT2D eigenvalue weighted by molar-refractivity contribution is 6.43. The molecule has 9 nitrogen and oxygen atoms in total. The number of benzene rings is 1. The van der Waals surface area contributed by atoms with E-state index in [-0.39, 0.29) is 18.8 Å². The van der Waals surface area contributed by atoms with Crippen molar-refractivity contribution in [1.82, 2.24) is 29.9 Å². The Morgan fingerprint density at radius 1 is 1.25 bits per heavy atom. The molecule has 0 radical (unpaired) electrons. The number of rotatable bonds is 4. The van der Waals surface area contributed by atoms with E-state index in [0.29, 0.717) is 61.4 Å². The van der Waals surface area contributed by atoms with Gasteiger partial charge in [-0.1, -0.05) is 23.2 Å². The number of aliphatic hydroxyl groups is 2. The minimum Gasteiger partial charge on any atom is -0.393 e. The Hall–Kier alpha value is -2.46. The normalized spacial score (nSPS) is 19.2. The molecule has 4 aromatic rings. The highest BCUT2D eigenvalue weighted by Gasteiger charge is 2.27. The molecule has 1 aliphatic rings. The van der Waals surface area contributed by atoms with E-state index < -0.39 is 0 Å². The molecule has 0 aliphatic heterocycles. The Labute approximate surface area is 194 Å². The number of hydrogen-bond donors (Lipinski definition) is 3. The molecular formula is C21H23Cl2N7O2. The van der Waals surface area contributed by atoms with Crippen LogP contribution < -0.4 is 4.90 Å². The van der Waals surface area contributed by atoms with Crippen LogP contribution in [0.1, 0.15) is 31.4 Å². The molecule has 0 spiro atoms. The molecule has 0 unspecified atom stereocenters. The number of nitrogens with zero attached hydrogens (tertiary/aromatic N) is 6. The van der Waals surface area contributed by atoms with E-state index in [1.807, 2.05) is 24.1 Å². The van der Waals surface area contributed by atoms with Gasteiger partial charge in [0.15, 0.2) is 11.5 Å². The first-order valence-corrected chi connectivity index (χ1v) is 11.2. The van der Waals surface area contributed by atoms with E-state index in [1.165, 1.54) is 0 Å². The van der Waals surface area contributed by atoms with Crippen molar-refractivity contribution in [2.24, 2.45) is 7.05 Å². The van der Waals surface area contributed by atoms with Crippen molar-refractivity contribution >= 4 is 51.1 Å². The van der Waals surface area contributed by atoms with Gasteiger partial charge >= 0.3 is 0 Å². The summed E-state index contributed by atoms with van der Waals surface area (Å²) in [6, 6.07) is 3.79. The SMILES string of the molecule is CN(c1nc2[nH]nc(-c3ccc4nn(C)c(Cl)c4c3Cl)c2nc1CO)[C@@H]1CCC[C@@H](O)C1. The van der Waals surface area contributed by atoms with Crippen LogP contribution in [0.2, 0.25) is 10.2 Å². The lowest BCUT2D eigenvalue weighted by Crippen LogP contribution is -2.38. The molecule has 0 amide bonds. The third-order valence-electron chi connectivity index (χ3n) is 6.22. The van der Waals surface area contributed by atoms with Crippen molar-refractivity contribution in [1.29, 1.82) is 0 Å². The molecule has 1 fully saturated rings. The monoisotopic (exact) mass is 475 g/mol. The summed E-state index contributed by atoms with van der Waals surface area (Å²) in [6.07, 6.45) is 3.06. The number of aliphatic hydroxyl groups excluding tert-OH is 2.